The summed E-state index contributed by atoms with van der Waals surface area (Å²) >= 11 is 0. The number of amides is 2. The van der Waals surface area contributed by atoms with Crippen molar-refractivity contribution in [3.63, 3.8) is 0 Å². The van der Waals surface area contributed by atoms with Crippen molar-refractivity contribution in [1.29, 1.82) is 0 Å². The number of carbonyl (C=O) groups excluding carboxylic acids is 1. The van der Waals surface area contributed by atoms with Crippen LogP contribution in [0.3, 0.4) is 0 Å². The lowest BCUT2D eigenvalue weighted by atomic mass is 9.53. The molecule has 0 spiro atoms. The summed E-state index contributed by atoms with van der Waals surface area (Å²) in [4.78, 5) is 16.4. The molecular weight excluding hydrogens is 362 g/mol. The standard InChI is InChI=1S/C21H29N3O2.ClH/c25-19-3-1-18(2-4-19)23-5-7-24(8-6-23)20(26)22-21-12-15-9-16(13-21)11-17(10-15)14-21;/h1-4,15-17,25H,5-14H2,(H,22,26);1H. The number of piperazine rings is 1. The van der Waals surface area contributed by atoms with Gasteiger partial charge in [-0.1, -0.05) is 0 Å². The Morgan fingerprint density at radius 1 is 1.00 bits per heavy atom. The van der Waals surface area contributed by atoms with Crippen molar-refractivity contribution in [3.8, 4) is 5.75 Å². The Morgan fingerprint density at radius 2 is 1.52 bits per heavy atom. The number of aromatic hydroxyl groups is 1. The zero-order valence-electron chi connectivity index (χ0n) is 15.8. The molecule has 5 nitrogen and oxygen atoms in total. The van der Waals surface area contributed by atoms with Crippen molar-refractivity contribution < 1.29 is 27.2 Å². The molecule has 0 aromatic heterocycles. The minimum Gasteiger partial charge on any atom is -1.00 e. The maximum absolute atomic E-state index is 12.9. The van der Waals surface area contributed by atoms with E-state index in [2.05, 4.69) is 5.32 Å². The number of hydrogen-bond donors (Lipinski definition) is 3. The summed E-state index contributed by atoms with van der Waals surface area (Å²) in [7, 11) is 0. The summed E-state index contributed by atoms with van der Waals surface area (Å²) < 4.78 is 0. The molecule has 2 amide bonds. The zero-order chi connectivity index (χ0) is 17.7. The fourth-order valence-electron chi connectivity index (χ4n) is 6.54. The average molecular weight is 392 g/mol. The Morgan fingerprint density at radius 3 is 2.04 bits per heavy atom. The van der Waals surface area contributed by atoms with Gasteiger partial charge in [-0.2, -0.15) is 0 Å². The number of halogens is 1. The largest absolute Gasteiger partial charge is 1.00 e. The molecule has 27 heavy (non-hydrogen) atoms. The van der Waals surface area contributed by atoms with Crippen molar-refractivity contribution in [3.05, 3.63) is 24.3 Å². The van der Waals surface area contributed by atoms with Gasteiger partial charge in [-0.05, 0) is 68.4 Å². The molecule has 4 aliphatic carbocycles. The molecule has 6 rings (SSSR count). The maximum atomic E-state index is 12.9. The lowest BCUT2D eigenvalue weighted by molar-refractivity contribution is -0.837. The van der Waals surface area contributed by atoms with Crippen LogP contribution in [-0.2, 0) is 0 Å². The highest BCUT2D eigenvalue weighted by molar-refractivity contribution is 5.75. The molecule has 4 saturated carbocycles. The minimum absolute atomic E-state index is 0. The first kappa shape index (κ1) is 18.9. The molecule has 1 heterocycles. The highest BCUT2D eigenvalue weighted by Crippen LogP contribution is 2.55. The van der Waals surface area contributed by atoms with E-state index in [9.17, 15) is 9.90 Å². The molecule has 0 atom stereocenters. The van der Waals surface area contributed by atoms with Crippen molar-refractivity contribution in [2.24, 2.45) is 17.8 Å². The molecule has 1 aliphatic heterocycles. The Bertz CT molecular complexity index is 650. The van der Waals surface area contributed by atoms with E-state index in [0.29, 0.717) is 5.75 Å². The Kier molecular flexibility index (Phi) is 5.02. The van der Waals surface area contributed by atoms with E-state index in [0.717, 1.165) is 43.9 Å². The summed E-state index contributed by atoms with van der Waals surface area (Å²) in [5.74, 6) is 2.88. The van der Waals surface area contributed by atoms with Crippen molar-refractivity contribution in [1.82, 2.24) is 10.2 Å². The van der Waals surface area contributed by atoms with Crippen LogP contribution in [0.15, 0.2) is 24.3 Å². The van der Waals surface area contributed by atoms with Crippen LogP contribution in [0.5, 0.6) is 5.75 Å². The fraction of sp³-hybridized carbons (Fsp3) is 0.667. The fourth-order valence-corrected chi connectivity index (χ4v) is 6.54. The number of nitrogens with one attached hydrogen (secondary N) is 2. The number of phenols is 1. The lowest BCUT2D eigenvalue weighted by Gasteiger charge is -2.57. The van der Waals surface area contributed by atoms with E-state index in [1.54, 1.807) is 12.1 Å². The normalized spacial score (nSPS) is 35.0. The quantitative estimate of drug-likeness (QED) is 0.561. The predicted molar refractivity (Wildman–Crippen MR) is 99.5 cm³/mol. The first-order chi connectivity index (χ1) is 12.6. The summed E-state index contributed by atoms with van der Waals surface area (Å²) in [6.07, 6.45) is 7.85. The van der Waals surface area contributed by atoms with E-state index in [4.69, 9.17) is 0 Å². The van der Waals surface area contributed by atoms with Crippen molar-refractivity contribution >= 4 is 11.7 Å². The highest BCUT2D eigenvalue weighted by Gasteiger charge is 2.51. The number of urea groups is 1. The van der Waals surface area contributed by atoms with Crippen LogP contribution in [0.2, 0.25) is 0 Å². The molecule has 5 fully saturated rings. The van der Waals surface area contributed by atoms with Gasteiger partial charge in [0, 0.05) is 17.7 Å². The van der Waals surface area contributed by atoms with Crippen LogP contribution in [0, 0.1) is 17.8 Å². The molecule has 1 saturated heterocycles. The molecule has 6 heteroatoms. The molecule has 4 bridgehead atoms. The second-order valence-electron chi connectivity index (χ2n) is 9.27. The van der Waals surface area contributed by atoms with Gasteiger partial charge in [0.25, 0.3) is 0 Å². The second kappa shape index (κ2) is 7.17. The summed E-state index contributed by atoms with van der Waals surface area (Å²) in [6, 6.07) is 7.62. The van der Waals surface area contributed by atoms with Gasteiger partial charge < -0.3 is 27.7 Å². The lowest BCUT2D eigenvalue weighted by Crippen LogP contribution is -3.10. The van der Waals surface area contributed by atoms with Crippen molar-refractivity contribution in [2.45, 2.75) is 44.1 Å². The Labute approximate surface area is 167 Å². The smallest absolute Gasteiger partial charge is 0.318 e. The van der Waals surface area contributed by atoms with Crippen LogP contribution in [0.1, 0.15) is 38.5 Å². The topological polar surface area (TPSA) is 57.0 Å². The molecule has 3 N–H and O–H groups in total. The van der Waals surface area contributed by atoms with Gasteiger partial charge >= 0.3 is 6.03 Å². The first-order valence-electron chi connectivity index (χ1n) is 10.3. The molecular formula is C21H30ClN3O2. The molecule has 148 valence electrons. The van der Waals surface area contributed by atoms with E-state index < -0.39 is 0 Å². The van der Waals surface area contributed by atoms with Crippen molar-refractivity contribution in [2.75, 3.05) is 26.2 Å². The number of phenolic OH excluding ortho intramolecular Hbond substituents is 1. The monoisotopic (exact) mass is 391 g/mol. The van der Waals surface area contributed by atoms with Gasteiger partial charge in [-0.3, -0.25) is 4.90 Å². The van der Waals surface area contributed by atoms with Crippen LogP contribution in [-0.4, -0.2) is 47.8 Å². The van der Waals surface area contributed by atoms with E-state index in [-0.39, 0.29) is 24.0 Å². The van der Waals surface area contributed by atoms with Crippen LogP contribution in [0.4, 0.5) is 10.5 Å². The first-order valence-corrected chi connectivity index (χ1v) is 10.3. The molecule has 1 aromatic rings. The second-order valence-corrected chi connectivity index (χ2v) is 9.27. The van der Waals surface area contributed by atoms with Gasteiger partial charge in [0.1, 0.15) is 11.4 Å². The van der Waals surface area contributed by atoms with E-state index in [1.807, 2.05) is 17.0 Å². The zero-order valence-corrected chi connectivity index (χ0v) is 16.5. The highest BCUT2D eigenvalue weighted by atomic mass is 35.5. The average Bonchev–Trinajstić information content (AvgIpc) is 2.61. The van der Waals surface area contributed by atoms with Gasteiger partial charge in [0.15, 0.2) is 0 Å². The number of nitrogens with zero attached hydrogens (tertiary/aromatic N) is 1. The van der Waals surface area contributed by atoms with E-state index >= 15 is 0 Å². The molecule has 0 radical (unpaired) electrons. The molecule has 0 unspecified atom stereocenters. The predicted octanol–water partition coefficient (Wildman–Crippen LogP) is -1.09. The number of hydrogen-bond acceptors (Lipinski definition) is 2. The number of rotatable bonds is 2. The van der Waals surface area contributed by atoms with Crippen LogP contribution in [0.25, 0.3) is 0 Å². The van der Waals surface area contributed by atoms with Gasteiger partial charge in [-0.25, -0.2) is 4.79 Å². The third kappa shape index (κ3) is 3.64. The summed E-state index contributed by atoms with van der Waals surface area (Å²) in [5.41, 5.74) is 1.30. The molecule has 5 aliphatic rings. The third-order valence-corrected chi connectivity index (χ3v) is 7.34. The van der Waals surface area contributed by atoms with Crippen LogP contribution >= 0.6 is 0 Å². The van der Waals surface area contributed by atoms with E-state index in [1.165, 1.54) is 49.1 Å². The van der Waals surface area contributed by atoms with Crippen LogP contribution < -0.4 is 22.6 Å². The summed E-state index contributed by atoms with van der Waals surface area (Å²) in [5, 5.41) is 12.9. The molecule has 1 aromatic carbocycles. The number of quaternary nitrogens is 1. The van der Waals surface area contributed by atoms with Gasteiger partial charge in [0.2, 0.25) is 0 Å². The van der Waals surface area contributed by atoms with Gasteiger partial charge in [0.05, 0.1) is 26.2 Å². The summed E-state index contributed by atoms with van der Waals surface area (Å²) in [6.45, 7) is 3.46. The minimum atomic E-state index is 0. The SMILES string of the molecule is O=C(NC12CC3CC(CC(C3)C1)C2)N1CC[NH+](c2ccc(O)cc2)CC1.[Cl-]. The van der Waals surface area contributed by atoms with Gasteiger partial charge in [-0.15, -0.1) is 0 Å². The Balaban J connectivity index is 0.00000180. The maximum Gasteiger partial charge on any atom is 0.318 e. The number of carbonyl (C=O) groups is 1. The third-order valence-electron chi connectivity index (χ3n) is 7.34. The Hall–Kier alpha value is -1.46. The number of benzene rings is 1.